The molecule has 1 heterocycles. The predicted molar refractivity (Wildman–Crippen MR) is 84.1 cm³/mol. The lowest BCUT2D eigenvalue weighted by Crippen LogP contribution is -2.39. The second kappa shape index (κ2) is 8.15. The first kappa shape index (κ1) is 16.0. The standard InChI is InChI=1S/C17H26N2O2/c1-3-11-19(2)13-17(20)18-12-15-9-10-16(21-15)14-7-5-4-6-8-14/h4-8,15-16H,3,9-13H2,1-2H3,(H,18,20)/t15-,16-/m1/s1. The molecule has 1 fully saturated rings. The molecule has 0 spiro atoms. The first-order chi connectivity index (χ1) is 10.2. The van der Waals surface area contributed by atoms with Gasteiger partial charge in [-0.05, 0) is 38.4 Å². The number of benzene rings is 1. The molecule has 116 valence electrons. The zero-order valence-corrected chi connectivity index (χ0v) is 13.0. The van der Waals surface area contributed by atoms with Gasteiger partial charge in [0.2, 0.25) is 5.91 Å². The third-order valence-electron chi connectivity index (χ3n) is 3.82. The van der Waals surface area contributed by atoms with Gasteiger partial charge in [-0.1, -0.05) is 37.3 Å². The van der Waals surface area contributed by atoms with Crippen LogP contribution in [-0.4, -0.2) is 43.6 Å². The van der Waals surface area contributed by atoms with Crippen LogP contribution in [0.5, 0.6) is 0 Å². The van der Waals surface area contributed by atoms with E-state index < -0.39 is 0 Å². The molecule has 2 atom stereocenters. The Morgan fingerprint density at radius 3 is 2.81 bits per heavy atom. The molecule has 21 heavy (non-hydrogen) atoms. The summed E-state index contributed by atoms with van der Waals surface area (Å²) >= 11 is 0. The van der Waals surface area contributed by atoms with Crippen LogP contribution in [0.15, 0.2) is 30.3 Å². The fourth-order valence-corrected chi connectivity index (χ4v) is 2.76. The number of rotatable bonds is 7. The normalized spacial score (nSPS) is 21.7. The SMILES string of the molecule is CCCN(C)CC(=O)NC[C@H]1CC[C@H](c2ccccc2)O1. The average Bonchev–Trinajstić information content (AvgIpc) is 2.95. The Labute approximate surface area is 127 Å². The van der Waals surface area contributed by atoms with Crippen LogP contribution in [0.4, 0.5) is 0 Å². The van der Waals surface area contributed by atoms with Crippen LogP contribution >= 0.6 is 0 Å². The number of hydrogen-bond donors (Lipinski definition) is 1. The fraction of sp³-hybridized carbons (Fsp3) is 0.588. The maximum atomic E-state index is 11.8. The predicted octanol–water partition coefficient (Wildman–Crippen LogP) is 2.36. The van der Waals surface area contributed by atoms with Crippen molar-refractivity contribution in [1.82, 2.24) is 10.2 Å². The summed E-state index contributed by atoms with van der Waals surface area (Å²) in [6.45, 7) is 4.14. The molecule has 1 N–H and O–H groups in total. The summed E-state index contributed by atoms with van der Waals surface area (Å²) in [4.78, 5) is 13.9. The van der Waals surface area contributed by atoms with E-state index in [1.807, 2.05) is 30.1 Å². The maximum absolute atomic E-state index is 11.8. The Kier molecular flexibility index (Phi) is 6.21. The van der Waals surface area contributed by atoms with Crippen LogP contribution in [0.1, 0.15) is 37.9 Å². The van der Waals surface area contributed by atoms with E-state index in [0.717, 1.165) is 25.8 Å². The topological polar surface area (TPSA) is 41.6 Å². The Hall–Kier alpha value is -1.39. The van der Waals surface area contributed by atoms with Crippen molar-refractivity contribution >= 4 is 5.91 Å². The monoisotopic (exact) mass is 290 g/mol. The number of carbonyl (C=O) groups is 1. The zero-order chi connectivity index (χ0) is 15.1. The van der Waals surface area contributed by atoms with E-state index in [4.69, 9.17) is 4.74 Å². The smallest absolute Gasteiger partial charge is 0.234 e. The summed E-state index contributed by atoms with van der Waals surface area (Å²) in [5, 5.41) is 2.98. The molecule has 0 unspecified atom stereocenters. The highest BCUT2D eigenvalue weighted by Crippen LogP contribution is 2.32. The highest BCUT2D eigenvalue weighted by atomic mass is 16.5. The van der Waals surface area contributed by atoms with Crippen molar-refractivity contribution in [2.24, 2.45) is 0 Å². The molecule has 0 radical (unpaired) electrons. The van der Waals surface area contributed by atoms with Crippen molar-refractivity contribution in [2.45, 2.75) is 38.4 Å². The van der Waals surface area contributed by atoms with Gasteiger partial charge in [0.05, 0.1) is 18.8 Å². The van der Waals surface area contributed by atoms with Gasteiger partial charge in [-0.2, -0.15) is 0 Å². The summed E-state index contributed by atoms with van der Waals surface area (Å²) in [7, 11) is 1.97. The van der Waals surface area contributed by atoms with Crippen LogP contribution in [0, 0.1) is 0 Å². The van der Waals surface area contributed by atoms with Gasteiger partial charge in [0.15, 0.2) is 0 Å². The lowest BCUT2D eigenvalue weighted by Gasteiger charge is -2.17. The van der Waals surface area contributed by atoms with E-state index in [-0.39, 0.29) is 18.1 Å². The Morgan fingerprint density at radius 1 is 1.33 bits per heavy atom. The third-order valence-corrected chi connectivity index (χ3v) is 3.82. The number of nitrogens with one attached hydrogen (secondary N) is 1. The van der Waals surface area contributed by atoms with E-state index in [2.05, 4.69) is 24.4 Å². The van der Waals surface area contributed by atoms with Gasteiger partial charge in [-0.3, -0.25) is 9.69 Å². The van der Waals surface area contributed by atoms with Crippen molar-refractivity contribution in [3.63, 3.8) is 0 Å². The van der Waals surface area contributed by atoms with Crippen LogP contribution < -0.4 is 5.32 Å². The Bertz CT molecular complexity index is 436. The molecular weight excluding hydrogens is 264 g/mol. The molecule has 0 aliphatic carbocycles. The van der Waals surface area contributed by atoms with E-state index in [0.29, 0.717) is 13.1 Å². The van der Waals surface area contributed by atoms with E-state index in [1.54, 1.807) is 0 Å². The minimum absolute atomic E-state index is 0.0812. The average molecular weight is 290 g/mol. The van der Waals surface area contributed by atoms with E-state index in [1.165, 1.54) is 5.56 Å². The maximum Gasteiger partial charge on any atom is 0.234 e. The van der Waals surface area contributed by atoms with Gasteiger partial charge < -0.3 is 10.1 Å². The first-order valence-electron chi connectivity index (χ1n) is 7.84. The van der Waals surface area contributed by atoms with Crippen LogP contribution in [0.3, 0.4) is 0 Å². The molecule has 1 aromatic carbocycles. The van der Waals surface area contributed by atoms with Gasteiger partial charge in [0, 0.05) is 6.54 Å². The molecule has 0 aromatic heterocycles. The van der Waals surface area contributed by atoms with Gasteiger partial charge in [0.1, 0.15) is 0 Å². The highest BCUT2D eigenvalue weighted by molar-refractivity contribution is 5.77. The summed E-state index contributed by atoms with van der Waals surface area (Å²) in [5.74, 6) is 0.0812. The van der Waals surface area contributed by atoms with E-state index >= 15 is 0 Å². The van der Waals surface area contributed by atoms with Crippen LogP contribution in [-0.2, 0) is 9.53 Å². The summed E-state index contributed by atoms with van der Waals surface area (Å²) in [6.07, 6.45) is 3.41. The van der Waals surface area contributed by atoms with Crippen molar-refractivity contribution in [3.8, 4) is 0 Å². The van der Waals surface area contributed by atoms with Crippen LogP contribution in [0.2, 0.25) is 0 Å². The lowest BCUT2D eigenvalue weighted by molar-refractivity contribution is -0.122. The highest BCUT2D eigenvalue weighted by Gasteiger charge is 2.26. The molecule has 1 aromatic rings. The number of carbonyl (C=O) groups excluding carboxylic acids is 1. The summed E-state index contributed by atoms with van der Waals surface area (Å²) < 4.78 is 6.02. The fourth-order valence-electron chi connectivity index (χ4n) is 2.76. The summed E-state index contributed by atoms with van der Waals surface area (Å²) in [6, 6.07) is 10.3. The Balaban J connectivity index is 1.70. The zero-order valence-electron chi connectivity index (χ0n) is 13.0. The second-order valence-electron chi connectivity index (χ2n) is 5.78. The quantitative estimate of drug-likeness (QED) is 0.838. The molecule has 0 bridgehead atoms. The number of likely N-dealkylation sites (N-methyl/N-ethyl adjacent to an activating group) is 1. The minimum atomic E-state index is 0.0812. The molecule has 0 saturated carbocycles. The Morgan fingerprint density at radius 2 is 2.10 bits per heavy atom. The van der Waals surface area contributed by atoms with Gasteiger partial charge >= 0.3 is 0 Å². The second-order valence-corrected chi connectivity index (χ2v) is 5.78. The molecule has 1 saturated heterocycles. The van der Waals surface area contributed by atoms with Crippen molar-refractivity contribution in [2.75, 3.05) is 26.7 Å². The van der Waals surface area contributed by atoms with Gasteiger partial charge in [-0.25, -0.2) is 0 Å². The largest absolute Gasteiger partial charge is 0.368 e. The molecule has 4 heteroatoms. The number of ether oxygens (including phenoxy) is 1. The number of nitrogens with zero attached hydrogens (tertiary/aromatic N) is 1. The van der Waals surface area contributed by atoms with Crippen LogP contribution in [0.25, 0.3) is 0 Å². The molecule has 4 nitrogen and oxygen atoms in total. The first-order valence-corrected chi connectivity index (χ1v) is 7.84. The van der Waals surface area contributed by atoms with Crippen molar-refractivity contribution in [1.29, 1.82) is 0 Å². The third kappa shape index (κ3) is 5.14. The molecule has 1 amide bonds. The molecule has 2 rings (SSSR count). The minimum Gasteiger partial charge on any atom is -0.368 e. The summed E-state index contributed by atoms with van der Waals surface area (Å²) in [5.41, 5.74) is 1.23. The molecule has 1 aliphatic rings. The lowest BCUT2D eigenvalue weighted by atomic mass is 10.1. The van der Waals surface area contributed by atoms with E-state index in [9.17, 15) is 4.79 Å². The molecule has 1 aliphatic heterocycles. The van der Waals surface area contributed by atoms with Crippen molar-refractivity contribution < 1.29 is 9.53 Å². The number of hydrogen-bond acceptors (Lipinski definition) is 3. The van der Waals surface area contributed by atoms with Gasteiger partial charge in [0.25, 0.3) is 0 Å². The number of amides is 1. The molecular formula is C17H26N2O2. The van der Waals surface area contributed by atoms with Crippen molar-refractivity contribution in [3.05, 3.63) is 35.9 Å². The van der Waals surface area contributed by atoms with Gasteiger partial charge in [-0.15, -0.1) is 0 Å².